The Bertz CT molecular complexity index is 873. The Morgan fingerprint density at radius 2 is 2.00 bits per heavy atom. The molecule has 4 nitrogen and oxygen atoms in total. The lowest BCUT2D eigenvalue weighted by atomic mass is 9.51. The summed E-state index contributed by atoms with van der Waals surface area (Å²) >= 11 is 0. The fourth-order valence-corrected chi connectivity index (χ4v) is 6.74. The van der Waals surface area contributed by atoms with Crippen molar-refractivity contribution in [2.45, 2.75) is 79.1 Å². The molecule has 0 amide bonds. The highest BCUT2D eigenvalue weighted by Crippen LogP contribution is 2.64. The van der Waals surface area contributed by atoms with Crippen molar-refractivity contribution in [1.82, 2.24) is 0 Å². The van der Waals surface area contributed by atoms with Crippen molar-refractivity contribution < 1.29 is 19.1 Å². The third-order valence-electron chi connectivity index (χ3n) is 8.32. The first-order valence-corrected chi connectivity index (χ1v) is 11.5. The van der Waals surface area contributed by atoms with E-state index >= 15 is 0 Å². The molecule has 4 aliphatic carbocycles. The number of carbonyl (C=O) groups excluding carboxylic acids is 3. The third-order valence-corrected chi connectivity index (χ3v) is 8.32. The highest BCUT2D eigenvalue weighted by atomic mass is 16.5. The van der Waals surface area contributed by atoms with E-state index in [1.807, 2.05) is 19.9 Å². The van der Waals surface area contributed by atoms with E-state index in [9.17, 15) is 14.4 Å². The largest absolute Gasteiger partial charge is 0.423 e. The van der Waals surface area contributed by atoms with Gasteiger partial charge in [-0.3, -0.25) is 14.4 Å². The molecule has 0 N–H and O–H groups in total. The maximum absolute atomic E-state index is 12.2. The van der Waals surface area contributed by atoms with Crippen LogP contribution in [0.15, 0.2) is 34.6 Å². The second-order valence-corrected chi connectivity index (χ2v) is 10.6. The summed E-state index contributed by atoms with van der Waals surface area (Å²) < 4.78 is 5.57. The first-order valence-electron chi connectivity index (χ1n) is 11.5. The molecule has 0 aromatic carbocycles. The summed E-state index contributed by atoms with van der Waals surface area (Å²) in [4.78, 5) is 36.1. The lowest BCUT2D eigenvalue weighted by molar-refractivity contribution is -0.142. The number of hydrogen-bond acceptors (Lipinski definition) is 4. The third kappa shape index (κ3) is 3.33. The molecule has 0 saturated heterocycles. The van der Waals surface area contributed by atoms with Crippen LogP contribution < -0.4 is 0 Å². The number of hydrogen-bond donors (Lipinski definition) is 0. The van der Waals surface area contributed by atoms with Crippen LogP contribution in [0.5, 0.6) is 0 Å². The van der Waals surface area contributed by atoms with Gasteiger partial charge in [0.25, 0.3) is 0 Å². The Labute approximate surface area is 179 Å². The van der Waals surface area contributed by atoms with Gasteiger partial charge in [-0.05, 0) is 73.3 Å². The average molecular weight is 411 g/mol. The van der Waals surface area contributed by atoms with Crippen LogP contribution in [0, 0.1) is 28.6 Å². The fourth-order valence-electron chi connectivity index (χ4n) is 6.74. The smallest absolute Gasteiger partial charge is 0.311 e. The molecule has 4 rings (SSSR count). The van der Waals surface area contributed by atoms with Crippen LogP contribution >= 0.6 is 0 Å². The predicted molar refractivity (Wildman–Crippen MR) is 115 cm³/mol. The van der Waals surface area contributed by atoms with Gasteiger partial charge in [-0.1, -0.05) is 44.9 Å². The molecule has 0 aliphatic heterocycles. The number of ketones is 1. The van der Waals surface area contributed by atoms with E-state index in [2.05, 4.69) is 19.9 Å². The first-order chi connectivity index (χ1) is 14.2. The summed E-state index contributed by atoms with van der Waals surface area (Å²) in [6.07, 6.45) is 11.7. The molecule has 2 saturated carbocycles. The van der Waals surface area contributed by atoms with E-state index in [0.717, 1.165) is 50.4 Å². The molecule has 0 aromatic rings. The second kappa shape index (κ2) is 7.62. The number of ether oxygens (including phenoxy) is 1. The highest BCUT2D eigenvalue weighted by Gasteiger charge is 2.55. The van der Waals surface area contributed by atoms with Crippen LogP contribution in [0.1, 0.15) is 79.1 Å². The summed E-state index contributed by atoms with van der Waals surface area (Å²) in [6, 6.07) is 0. The topological polar surface area (TPSA) is 60.4 Å². The zero-order valence-corrected chi connectivity index (χ0v) is 18.8. The molecule has 30 heavy (non-hydrogen) atoms. The molecule has 0 unspecified atom stereocenters. The van der Waals surface area contributed by atoms with Crippen molar-refractivity contribution >= 4 is 18.0 Å². The maximum Gasteiger partial charge on any atom is 0.311 e. The van der Waals surface area contributed by atoms with Crippen molar-refractivity contribution in [2.75, 3.05) is 0 Å². The Kier molecular flexibility index (Phi) is 5.40. The fraction of sp³-hybridized carbons (Fsp3) is 0.654. The van der Waals surface area contributed by atoms with Crippen molar-refractivity contribution in [3.63, 3.8) is 0 Å². The van der Waals surface area contributed by atoms with Crippen molar-refractivity contribution in [1.29, 1.82) is 0 Å². The van der Waals surface area contributed by atoms with Crippen molar-refractivity contribution in [3.8, 4) is 0 Å². The summed E-state index contributed by atoms with van der Waals surface area (Å²) in [5, 5.41) is 0. The Balaban J connectivity index is 1.67. The monoisotopic (exact) mass is 410 g/mol. The summed E-state index contributed by atoms with van der Waals surface area (Å²) in [5.74, 6) is 1.36. The minimum Gasteiger partial charge on any atom is -0.423 e. The molecule has 0 radical (unpaired) electrons. The van der Waals surface area contributed by atoms with Gasteiger partial charge in [-0.15, -0.1) is 0 Å². The highest BCUT2D eigenvalue weighted by molar-refractivity contribution is 5.92. The normalized spacial score (nSPS) is 36.9. The maximum atomic E-state index is 12.2. The molecule has 4 heteroatoms. The van der Waals surface area contributed by atoms with Crippen LogP contribution in [-0.2, 0) is 19.1 Å². The minimum absolute atomic E-state index is 0.0157. The molecule has 0 heterocycles. The lowest BCUT2D eigenvalue weighted by Gasteiger charge is -2.52. The van der Waals surface area contributed by atoms with Gasteiger partial charge in [0.1, 0.15) is 0 Å². The molecule has 4 atom stereocenters. The molecular weight excluding hydrogens is 376 g/mol. The zero-order valence-electron chi connectivity index (χ0n) is 18.8. The van der Waals surface area contributed by atoms with Gasteiger partial charge in [0.05, 0.1) is 0 Å². The van der Waals surface area contributed by atoms with Crippen LogP contribution in [0.25, 0.3) is 0 Å². The number of aldehydes is 1. The van der Waals surface area contributed by atoms with Crippen LogP contribution in [-0.4, -0.2) is 18.0 Å². The summed E-state index contributed by atoms with van der Waals surface area (Å²) in [6.45, 7) is 8.52. The van der Waals surface area contributed by atoms with Crippen LogP contribution in [0.2, 0.25) is 0 Å². The van der Waals surface area contributed by atoms with Crippen molar-refractivity contribution in [3.05, 3.63) is 34.6 Å². The van der Waals surface area contributed by atoms with Gasteiger partial charge in [0.15, 0.2) is 17.8 Å². The predicted octanol–water partition coefficient (Wildman–Crippen LogP) is 5.48. The lowest BCUT2D eigenvalue weighted by Crippen LogP contribution is -2.43. The van der Waals surface area contributed by atoms with E-state index in [-0.39, 0.29) is 34.3 Å². The first kappa shape index (κ1) is 21.3. The Morgan fingerprint density at radius 1 is 1.23 bits per heavy atom. The standard InChI is InChI=1S/C26H34O4/c1-16(2)13-24(29)30-23(15-27)22-8-7-20-19-6-5-17-14-18(28)9-11-25(17,3)21(19)10-12-26(20,22)4/h10,14-16,19-20H,5-9,11-13H2,1-4H3/t19-,20-,25-,26-/m0/s1. The quantitative estimate of drug-likeness (QED) is 0.202. The number of carbonyl (C=O) groups is 3. The number of esters is 1. The van der Waals surface area contributed by atoms with E-state index in [1.54, 1.807) is 0 Å². The van der Waals surface area contributed by atoms with E-state index in [4.69, 9.17) is 4.74 Å². The SMILES string of the molecule is CC(C)CC(=O)OC(C=O)=C1CC[C@H]2[C@@H]3CCC4=CC(=O)CC[C@]4(C)C3=CC[C@]12C. The summed E-state index contributed by atoms with van der Waals surface area (Å²) in [7, 11) is 0. The average Bonchev–Trinajstić information content (AvgIpc) is 3.03. The molecular formula is C26H34O4. The van der Waals surface area contributed by atoms with E-state index < -0.39 is 0 Å². The van der Waals surface area contributed by atoms with Gasteiger partial charge in [-0.2, -0.15) is 0 Å². The van der Waals surface area contributed by atoms with E-state index in [0.29, 0.717) is 24.7 Å². The van der Waals surface area contributed by atoms with Gasteiger partial charge in [0.2, 0.25) is 0 Å². The van der Waals surface area contributed by atoms with Gasteiger partial charge in [-0.25, -0.2) is 0 Å². The van der Waals surface area contributed by atoms with Crippen LogP contribution in [0.4, 0.5) is 0 Å². The second-order valence-electron chi connectivity index (χ2n) is 10.6. The molecule has 0 spiro atoms. The number of allylic oxidation sites excluding steroid dienone is 6. The molecule has 4 aliphatic rings. The van der Waals surface area contributed by atoms with E-state index in [1.165, 1.54) is 11.1 Å². The molecule has 0 aromatic heterocycles. The minimum atomic E-state index is -0.314. The number of fused-ring (bicyclic) bond motifs is 5. The van der Waals surface area contributed by atoms with Gasteiger partial charge >= 0.3 is 5.97 Å². The van der Waals surface area contributed by atoms with Gasteiger partial charge in [0, 0.05) is 18.3 Å². The zero-order chi connectivity index (χ0) is 21.7. The Morgan fingerprint density at radius 3 is 2.70 bits per heavy atom. The molecule has 162 valence electrons. The van der Waals surface area contributed by atoms with Crippen molar-refractivity contribution in [2.24, 2.45) is 28.6 Å². The molecule has 2 fully saturated rings. The summed E-state index contributed by atoms with van der Waals surface area (Å²) in [5.41, 5.74) is 3.74. The Hall–Kier alpha value is -1.97. The molecule has 0 bridgehead atoms. The van der Waals surface area contributed by atoms with Gasteiger partial charge < -0.3 is 4.74 Å². The number of rotatable bonds is 4. The van der Waals surface area contributed by atoms with Crippen LogP contribution in [0.3, 0.4) is 0 Å².